The molecule has 1 N–H and O–H groups in total. The molecule has 0 saturated carbocycles. The van der Waals surface area contributed by atoms with E-state index in [0.717, 1.165) is 10.5 Å². The summed E-state index contributed by atoms with van der Waals surface area (Å²) in [5, 5.41) is 6.09. The van der Waals surface area contributed by atoms with Crippen LogP contribution < -0.4 is 5.32 Å². The molecule has 0 bridgehead atoms. The van der Waals surface area contributed by atoms with E-state index in [0.29, 0.717) is 5.69 Å². The van der Waals surface area contributed by atoms with Crippen molar-refractivity contribution in [1.82, 2.24) is 0 Å². The van der Waals surface area contributed by atoms with Crippen LogP contribution in [-0.2, 0) is 9.57 Å². The summed E-state index contributed by atoms with van der Waals surface area (Å²) in [5.74, 6) is -0.0499. The van der Waals surface area contributed by atoms with Gasteiger partial charge in [0.1, 0.15) is 13.0 Å². The number of benzene rings is 1. The van der Waals surface area contributed by atoms with Crippen molar-refractivity contribution < 1.29 is 14.4 Å². The van der Waals surface area contributed by atoms with Crippen LogP contribution in [0.3, 0.4) is 0 Å². The maximum absolute atomic E-state index is 11.6. The molecule has 0 heterocycles. The van der Waals surface area contributed by atoms with Gasteiger partial charge in [-0.2, -0.15) is 0 Å². The zero-order chi connectivity index (χ0) is 14.3. The number of thioether (sulfide) groups is 1. The number of rotatable bonds is 4. The van der Waals surface area contributed by atoms with Gasteiger partial charge in [-0.1, -0.05) is 5.16 Å². The Labute approximate surface area is 121 Å². The molecule has 0 spiro atoms. The molecule has 19 heavy (non-hydrogen) atoms. The van der Waals surface area contributed by atoms with Gasteiger partial charge in [-0.15, -0.1) is 23.4 Å². The van der Waals surface area contributed by atoms with Crippen LogP contribution in [0.4, 0.5) is 10.5 Å². The molecule has 0 aromatic heterocycles. The number of aryl methyl sites for hydroxylation is 1. The van der Waals surface area contributed by atoms with Gasteiger partial charge in [-0.25, -0.2) is 4.79 Å². The minimum atomic E-state index is -0.656. The van der Waals surface area contributed by atoms with Crippen molar-refractivity contribution in [3.8, 4) is 0 Å². The Bertz CT molecular complexity index is 480. The third-order valence-electron chi connectivity index (χ3n) is 2.19. The molecule has 0 saturated heterocycles. The highest BCUT2D eigenvalue weighted by Gasteiger charge is 2.10. The summed E-state index contributed by atoms with van der Waals surface area (Å²) in [4.78, 5) is 17.2. The molecule has 0 atom stereocenters. The quantitative estimate of drug-likeness (QED) is 0.304. The lowest BCUT2D eigenvalue weighted by Crippen LogP contribution is -2.20. The van der Waals surface area contributed by atoms with Gasteiger partial charge in [-0.3, -0.25) is 5.32 Å². The predicted molar refractivity (Wildman–Crippen MR) is 78.2 cm³/mol. The first-order valence-corrected chi connectivity index (χ1v) is 7.16. The molecule has 1 amide bonds. The Morgan fingerprint density at radius 3 is 2.79 bits per heavy atom. The van der Waals surface area contributed by atoms with Crippen molar-refractivity contribution in [2.45, 2.75) is 11.8 Å². The SMILES string of the molecule is CON=C(CCl)OC(=O)Nc1ccc(SC)cc1C. The summed E-state index contributed by atoms with van der Waals surface area (Å²) in [6.45, 7) is 1.90. The zero-order valence-electron chi connectivity index (χ0n) is 10.9. The molecule has 1 aromatic rings. The third kappa shape index (κ3) is 5.00. The number of carbonyl (C=O) groups excluding carboxylic acids is 1. The lowest BCUT2D eigenvalue weighted by molar-refractivity contribution is 0.187. The molecule has 0 unspecified atom stereocenters. The van der Waals surface area contributed by atoms with Gasteiger partial charge in [0, 0.05) is 10.6 Å². The van der Waals surface area contributed by atoms with E-state index in [-0.39, 0.29) is 11.8 Å². The van der Waals surface area contributed by atoms with Crippen LogP contribution in [0.2, 0.25) is 0 Å². The summed E-state index contributed by atoms with van der Waals surface area (Å²) in [5.41, 5.74) is 1.62. The van der Waals surface area contributed by atoms with E-state index in [2.05, 4.69) is 15.3 Å². The summed E-state index contributed by atoms with van der Waals surface area (Å²) >= 11 is 7.18. The van der Waals surface area contributed by atoms with E-state index in [1.165, 1.54) is 7.11 Å². The fourth-order valence-electron chi connectivity index (χ4n) is 1.32. The van der Waals surface area contributed by atoms with Crippen molar-refractivity contribution in [3.05, 3.63) is 23.8 Å². The molecule has 0 fully saturated rings. The predicted octanol–water partition coefficient (Wildman–Crippen LogP) is 3.46. The van der Waals surface area contributed by atoms with Crippen molar-refractivity contribution in [2.24, 2.45) is 5.16 Å². The van der Waals surface area contributed by atoms with Gasteiger partial charge in [0.05, 0.1) is 0 Å². The summed E-state index contributed by atoms with van der Waals surface area (Å²) in [7, 11) is 1.35. The highest BCUT2D eigenvalue weighted by Crippen LogP contribution is 2.22. The average molecular weight is 303 g/mol. The molecular weight excluding hydrogens is 288 g/mol. The molecule has 0 aliphatic carbocycles. The molecule has 0 aliphatic heterocycles. The van der Waals surface area contributed by atoms with Crippen LogP contribution >= 0.6 is 23.4 Å². The Morgan fingerprint density at radius 2 is 2.26 bits per heavy atom. The maximum atomic E-state index is 11.6. The average Bonchev–Trinajstić information content (AvgIpc) is 2.40. The molecule has 7 heteroatoms. The van der Waals surface area contributed by atoms with Crippen molar-refractivity contribution in [1.29, 1.82) is 0 Å². The van der Waals surface area contributed by atoms with E-state index in [4.69, 9.17) is 16.3 Å². The van der Waals surface area contributed by atoms with Gasteiger partial charge in [0.25, 0.3) is 5.90 Å². The summed E-state index contributed by atoms with van der Waals surface area (Å²) in [6, 6.07) is 5.71. The van der Waals surface area contributed by atoms with Crippen molar-refractivity contribution in [3.63, 3.8) is 0 Å². The Morgan fingerprint density at radius 1 is 1.53 bits per heavy atom. The fraction of sp³-hybridized carbons (Fsp3) is 0.333. The Balaban J connectivity index is 2.69. The number of hydrogen-bond donors (Lipinski definition) is 1. The summed E-state index contributed by atoms with van der Waals surface area (Å²) < 4.78 is 4.89. The molecule has 0 aliphatic rings. The van der Waals surface area contributed by atoms with Crippen LogP contribution in [0.1, 0.15) is 5.56 Å². The minimum Gasteiger partial charge on any atom is -0.396 e. The first-order valence-electron chi connectivity index (χ1n) is 5.40. The van der Waals surface area contributed by atoms with E-state index in [9.17, 15) is 4.79 Å². The number of nitrogens with zero attached hydrogens (tertiary/aromatic N) is 1. The van der Waals surface area contributed by atoms with Crippen molar-refractivity contribution in [2.75, 3.05) is 24.6 Å². The van der Waals surface area contributed by atoms with E-state index < -0.39 is 6.09 Å². The van der Waals surface area contributed by atoms with Crippen LogP contribution in [-0.4, -0.2) is 31.2 Å². The number of amides is 1. The van der Waals surface area contributed by atoms with E-state index in [1.807, 2.05) is 31.4 Å². The van der Waals surface area contributed by atoms with Gasteiger partial charge < -0.3 is 9.57 Å². The van der Waals surface area contributed by atoms with Gasteiger partial charge in [-0.05, 0) is 36.9 Å². The largest absolute Gasteiger partial charge is 0.418 e. The molecule has 104 valence electrons. The topological polar surface area (TPSA) is 59.9 Å². The Kier molecular flexibility index (Phi) is 6.52. The number of nitrogens with one attached hydrogen (secondary N) is 1. The second kappa shape index (κ2) is 7.91. The lowest BCUT2D eigenvalue weighted by atomic mass is 10.2. The second-order valence-corrected chi connectivity index (χ2v) is 4.64. The first kappa shape index (κ1) is 15.7. The zero-order valence-corrected chi connectivity index (χ0v) is 12.5. The highest BCUT2D eigenvalue weighted by atomic mass is 35.5. The first-order chi connectivity index (χ1) is 9.10. The monoisotopic (exact) mass is 302 g/mol. The number of halogens is 1. The van der Waals surface area contributed by atoms with E-state index >= 15 is 0 Å². The fourth-order valence-corrected chi connectivity index (χ4v) is 1.92. The number of alkyl halides is 1. The van der Waals surface area contributed by atoms with Gasteiger partial charge >= 0.3 is 6.09 Å². The molecule has 1 rings (SSSR count). The molecule has 0 radical (unpaired) electrons. The van der Waals surface area contributed by atoms with Crippen LogP contribution in [0.25, 0.3) is 0 Å². The van der Waals surface area contributed by atoms with Gasteiger partial charge in [0.15, 0.2) is 0 Å². The van der Waals surface area contributed by atoms with E-state index in [1.54, 1.807) is 11.8 Å². The number of ether oxygens (including phenoxy) is 1. The van der Waals surface area contributed by atoms with Crippen LogP contribution in [0.15, 0.2) is 28.3 Å². The lowest BCUT2D eigenvalue weighted by Gasteiger charge is -2.09. The highest BCUT2D eigenvalue weighted by molar-refractivity contribution is 7.98. The normalized spacial score (nSPS) is 11.1. The van der Waals surface area contributed by atoms with Gasteiger partial charge in [0.2, 0.25) is 0 Å². The Hall–Kier alpha value is -1.40. The minimum absolute atomic E-state index is 0.0000497. The van der Waals surface area contributed by atoms with Crippen LogP contribution in [0, 0.1) is 6.92 Å². The number of hydrogen-bond acceptors (Lipinski definition) is 5. The smallest absolute Gasteiger partial charge is 0.396 e. The standard InChI is InChI=1S/C12H15ClN2O3S/c1-8-6-9(19-3)4-5-10(8)14-12(16)18-11(7-13)15-17-2/h4-6H,7H2,1-3H3,(H,14,16). The number of oxime groups is 1. The maximum Gasteiger partial charge on any atom is 0.418 e. The van der Waals surface area contributed by atoms with Crippen molar-refractivity contribution >= 4 is 41.0 Å². The molecule has 5 nitrogen and oxygen atoms in total. The molecule has 1 aromatic carbocycles. The number of carbonyl (C=O) groups is 1. The third-order valence-corrected chi connectivity index (χ3v) is 3.14. The summed E-state index contributed by atoms with van der Waals surface area (Å²) in [6.07, 6.45) is 1.33. The number of anilines is 1. The second-order valence-electron chi connectivity index (χ2n) is 3.50. The molecular formula is C12H15ClN2O3S. The van der Waals surface area contributed by atoms with Crippen LogP contribution in [0.5, 0.6) is 0 Å².